The smallest absolute Gasteiger partial charge is 0.252 e. The van der Waals surface area contributed by atoms with Crippen LogP contribution in [0.2, 0.25) is 0 Å². The molecule has 5 rings (SSSR count). The van der Waals surface area contributed by atoms with Crippen LogP contribution < -0.4 is 25.8 Å². The third-order valence-corrected chi connectivity index (χ3v) is 7.36. The van der Waals surface area contributed by atoms with Crippen molar-refractivity contribution >= 4 is 16.8 Å². The third-order valence-electron chi connectivity index (χ3n) is 7.36. The highest BCUT2D eigenvalue weighted by molar-refractivity contribution is 6.09. The Morgan fingerprint density at radius 1 is 1.08 bits per heavy atom. The van der Waals surface area contributed by atoms with Crippen LogP contribution >= 0.6 is 0 Å². The number of rotatable bonds is 8. The molecule has 7 heteroatoms. The number of carbonyl (C=O) groups is 1. The first-order valence-electron chi connectivity index (χ1n) is 13.2. The quantitative estimate of drug-likeness (QED) is 0.406. The zero-order valence-corrected chi connectivity index (χ0v) is 21.0. The Morgan fingerprint density at radius 2 is 1.81 bits per heavy atom. The lowest BCUT2D eigenvalue weighted by Crippen LogP contribution is -2.39. The Morgan fingerprint density at radius 3 is 2.53 bits per heavy atom. The van der Waals surface area contributed by atoms with E-state index < -0.39 is 0 Å². The number of ether oxygens (including phenoxy) is 2. The van der Waals surface area contributed by atoms with Crippen molar-refractivity contribution in [2.45, 2.75) is 51.6 Å². The lowest BCUT2D eigenvalue weighted by atomic mass is 9.84. The lowest BCUT2D eigenvalue weighted by Gasteiger charge is -2.29. The van der Waals surface area contributed by atoms with Crippen molar-refractivity contribution in [2.75, 3.05) is 26.3 Å². The van der Waals surface area contributed by atoms with Gasteiger partial charge in [0, 0.05) is 48.3 Å². The standard InChI is InChI=1S/C29H36N4O3/c1-19(20-8-4-2-5-9-20)32-29(34)27-22-16-25-26(36-15-14-35-25)17-24(22)33-28(21-10-6-3-7-11-21)23(27)18-31-13-12-30/h3,6-7,10-11,16-17,19-20,31H,2,4-5,8-9,12-15,18,30H2,1H3,(H,32,34)/t19-/m0/s1. The van der Waals surface area contributed by atoms with Gasteiger partial charge in [-0.05, 0) is 31.7 Å². The molecular formula is C29H36N4O3. The van der Waals surface area contributed by atoms with Gasteiger partial charge in [-0.1, -0.05) is 49.6 Å². The molecule has 4 N–H and O–H groups in total. The first kappa shape index (κ1) is 24.5. The van der Waals surface area contributed by atoms with Crippen LogP contribution in [0.5, 0.6) is 11.5 Å². The SMILES string of the molecule is C[C@H](NC(=O)c1c(CNCCN)c(-c2ccccc2)nc2cc3c(cc12)OCCO3)C1CCCCC1. The second-order valence-corrected chi connectivity index (χ2v) is 9.82. The number of hydrogen-bond acceptors (Lipinski definition) is 6. The van der Waals surface area contributed by atoms with Crippen LogP contribution in [0.15, 0.2) is 42.5 Å². The van der Waals surface area contributed by atoms with Gasteiger partial charge in [-0.25, -0.2) is 4.98 Å². The molecule has 1 amide bonds. The highest BCUT2D eigenvalue weighted by atomic mass is 16.6. The summed E-state index contributed by atoms with van der Waals surface area (Å²) in [6.07, 6.45) is 6.09. The van der Waals surface area contributed by atoms with Gasteiger partial charge in [0.05, 0.1) is 16.8 Å². The second kappa shape index (κ2) is 11.3. The van der Waals surface area contributed by atoms with E-state index in [9.17, 15) is 4.79 Å². The summed E-state index contributed by atoms with van der Waals surface area (Å²) in [7, 11) is 0. The molecular weight excluding hydrogens is 452 g/mol. The molecule has 2 aromatic carbocycles. The molecule has 0 unspecified atom stereocenters. The molecule has 7 nitrogen and oxygen atoms in total. The van der Waals surface area contributed by atoms with Crippen molar-refractivity contribution in [3.63, 3.8) is 0 Å². The molecule has 0 saturated heterocycles. The molecule has 1 aliphatic carbocycles. The fourth-order valence-corrected chi connectivity index (χ4v) is 5.45. The van der Waals surface area contributed by atoms with E-state index in [1.807, 2.05) is 42.5 Å². The number of nitrogens with one attached hydrogen (secondary N) is 2. The van der Waals surface area contributed by atoms with Crippen molar-refractivity contribution in [1.29, 1.82) is 0 Å². The minimum atomic E-state index is -0.0705. The predicted octanol–water partition coefficient (Wildman–Crippen LogP) is 4.42. The van der Waals surface area contributed by atoms with Gasteiger partial charge in [-0.3, -0.25) is 4.79 Å². The van der Waals surface area contributed by atoms with Gasteiger partial charge >= 0.3 is 0 Å². The average Bonchev–Trinajstić information content (AvgIpc) is 2.92. The summed E-state index contributed by atoms with van der Waals surface area (Å²) in [5.74, 6) is 1.75. The first-order chi connectivity index (χ1) is 17.7. The number of carbonyl (C=O) groups excluding carboxylic acids is 1. The van der Waals surface area contributed by atoms with E-state index in [2.05, 4.69) is 17.6 Å². The molecule has 0 radical (unpaired) electrons. The topological polar surface area (TPSA) is 98.5 Å². The van der Waals surface area contributed by atoms with E-state index in [-0.39, 0.29) is 11.9 Å². The Labute approximate surface area is 212 Å². The summed E-state index contributed by atoms with van der Waals surface area (Å²) in [5, 5.41) is 7.53. The number of benzene rings is 2. The Kier molecular flexibility index (Phi) is 7.68. The van der Waals surface area contributed by atoms with Gasteiger partial charge in [0.15, 0.2) is 11.5 Å². The molecule has 36 heavy (non-hydrogen) atoms. The average molecular weight is 489 g/mol. The molecule has 190 valence electrons. The van der Waals surface area contributed by atoms with Gasteiger partial charge < -0.3 is 25.8 Å². The summed E-state index contributed by atoms with van der Waals surface area (Å²) in [6.45, 7) is 4.77. The second-order valence-electron chi connectivity index (χ2n) is 9.82. The summed E-state index contributed by atoms with van der Waals surface area (Å²) < 4.78 is 11.7. The maximum Gasteiger partial charge on any atom is 0.252 e. The zero-order valence-electron chi connectivity index (χ0n) is 21.0. The molecule has 1 fully saturated rings. The lowest BCUT2D eigenvalue weighted by molar-refractivity contribution is 0.0920. The van der Waals surface area contributed by atoms with Gasteiger partial charge in [0.25, 0.3) is 5.91 Å². The Bertz CT molecular complexity index is 1210. The molecule has 1 atom stereocenters. The van der Waals surface area contributed by atoms with Gasteiger partial charge in [-0.2, -0.15) is 0 Å². The molecule has 1 aliphatic heterocycles. The van der Waals surface area contributed by atoms with Crippen molar-refractivity contribution in [3.05, 3.63) is 53.6 Å². The van der Waals surface area contributed by atoms with E-state index in [1.54, 1.807) is 0 Å². The van der Waals surface area contributed by atoms with Crippen LogP contribution in [-0.4, -0.2) is 43.2 Å². The fraction of sp³-hybridized carbons (Fsp3) is 0.448. The number of nitrogens with zero attached hydrogens (tertiary/aromatic N) is 1. The maximum atomic E-state index is 14.1. The molecule has 1 saturated carbocycles. The normalized spacial score (nSPS) is 16.6. The largest absolute Gasteiger partial charge is 0.486 e. The number of hydrogen-bond donors (Lipinski definition) is 3. The fourth-order valence-electron chi connectivity index (χ4n) is 5.45. The van der Waals surface area contributed by atoms with Gasteiger partial charge in [-0.15, -0.1) is 0 Å². The van der Waals surface area contributed by atoms with Crippen LogP contribution in [0.3, 0.4) is 0 Å². The van der Waals surface area contributed by atoms with Crippen molar-refractivity contribution in [2.24, 2.45) is 11.7 Å². The Hall–Kier alpha value is -3.16. The van der Waals surface area contributed by atoms with Gasteiger partial charge in [0.2, 0.25) is 0 Å². The number of aromatic nitrogens is 1. The molecule has 2 aliphatic rings. The summed E-state index contributed by atoms with van der Waals surface area (Å²) in [4.78, 5) is 19.1. The predicted molar refractivity (Wildman–Crippen MR) is 142 cm³/mol. The third kappa shape index (κ3) is 5.18. The first-order valence-corrected chi connectivity index (χ1v) is 13.2. The van der Waals surface area contributed by atoms with Crippen LogP contribution in [0.25, 0.3) is 22.2 Å². The van der Waals surface area contributed by atoms with Crippen LogP contribution in [-0.2, 0) is 6.54 Å². The number of amides is 1. The van der Waals surface area contributed by atoms with Crippen molar-refractivity contribution in [1.82, 2.24) is 15.6 Å². The maximum absolute atomic E-state index is 14.1. The number of nitrogens with two attached hydrogens (primary N) is 1. The summed E-state index contributed by atoms with van der Waals surface area (Å²) >= 11 is 0. The van der Waals surface area contributed by atoms with Crippen LogP contribution in [0.4, 0.5) is 0 Å². The minimum absolute atomic E-state index is 0.0705. The minimum Gasteiger partial charge on any atom is -0.486 e. The summed E-state index contributed by atoms with van der Waals surface area (Å²) in [6, 6.07) is 13.9. The van der Waals surface area contributed by atoms with E-state index in [1.165, 1.54) is 19.3 Å². The molecule has 2 heterocycles. The van der Waals surface area contributed by atoms with Crippen molar-refractivity contribution < 1.29 is 14.3 Å². The highest BCUT2D eigenvalue weighted by Crippen LogP contribution is 2.38. The van der Waals surface area contributed by atoms with E-state index in [0.717, 1.165) is 40.6 Å². The van der Waals surface area contributed by atoms with E-state index in [0.29, 0.717) is 55.8 Å². The Balaban J connectivity index is 1.65. The van der Waals surface area contributed by atoms with E-state index in [4.69, 9.17) is 20.2 Å². The molecule has 3 aromatic rings. The number of fused-ring (bicyclic) bond motifs is 2. The molecule has 1 aromatic heterocycles. The summed E-state index contributed by atoms with van der Waals surface area (Å²) in [5.41, 5.74) is 9.75. The zero-order chi connectivity index (χ0) is 24.9. The van der Waals surface area contributed by atoms with Crippen LogP contribution in [0, 0.1) is 5.92 Å². The van der Waals surface area contributed by atoms with Crippen LogP contribution in [0.1, 0.15) is 54.9 Å². The number of pyridine rings is 1. The monoisotopic (exact) mass is 488 g/mol. The highest BCUT2D eigenvalue weighted by Gasteiger charge is 2.27. The van der Waals surface area contributed by atoms with Gasteiger partial charge in [0.1, 0.15) is 13.2 Å². The molecule has 0 spiro atoms. The van der Waals surface area contributed by atoms with E-state index >= 15 is 0 Å². The van der Waals surface area contributed by atoms with Crippen molar-refractivity contribution in [3.8, 4) is 22.8 Å². The molecule has 0 bridgehead atoms.